The van der Waals surface area contributed by atoms with Crippen LogP contribution in [-0.4, -0.2) is 8.07 Å². The van der Waals surface area contributed by atoms with Crippen molar-refractivity contribution in [1.82, 2.24) is 0 Å². The summed E-state index contributed by atoms with van der Waals surface area (Å²) in [5.41, 5.74) is 1.47. The maximum atomic E-state index is 2.38. The Morgan fingerprint density at radius 2 is 1.90 bits per heavy atom. The molecule has 0 radical (unpaired) electrons. The van der Waals surface area contributed by atoms with Gasteiger partial charge in [0.25, 0.3) is 0 Å². The summed E-state index contributed by atoms with van der Waals surface area (Å²) in [4.78, 5) is 0. The monoisotopic (exact) mass is 151 g/mol. The second-order valence-corrected chi connectivity index (χ2v) is 8.91. The Balaban J connectivity index is 3.05. The van der Waals surface area contributed by atoms with Crippen LogP contribution in [0.3, 0.4) is 0 Å². The van der Waals surface area contributed by atoms with E-state index < -0.39 is 8.07 Å². The second kappa shape index (κ2) is 2.31. The fraction of sp³-hybridized carbons (Fsp3) is 0.444. The SMILES string of the molecule is Cc1cc[cH-]c1[Si](C)(C)C. The van der Waals surface area contributed by atoms with Crippen LogP contribution in [0.5, 0.6) is 0 Å². The molecule has 1 aromatic carbocycles. The zero-order chi connectivity index (χ0) is 7.78. The number of rotatable bonds is 1. The zero-order valence-electron chi connectivity index (χ0n) is 7.23. The van der Waals surface area contributed by atoms with Crippen molar-refractivity contribution in [1.29, 1.82) is 0 Å². The lowest BCUT2D eigenvalue weighted by molar-refractivity contribution is 1.56. The van der Waals surface area contributed by atoms with Crippen molar-refractivity contribution in [2.24, 2.45) is 0 Å². The molecule has 0 saturated heterocycles. The van der Waals surface area contributed by atoms with E-state index in [0.717, 1.165) is 0 Å². The van der Waals surface area contributed by atoms with E-state index in [1.807, 2.05) is 0 Å². The summed E-state index contributed by atoms with van der Waals surface area (Å²) in [6, 6.07) is 6.62. The topological polar surface area (TPSA) is 0 Å². The third-order valence-electron chi connectivity index (χ3n) is 1.84. The van der Waals surface area contributed by atoms with Crippen LogP contribution in [0.15, 0.2) is 18.2 Å². The van der Waals surface area contributed by atoms with Crippen LogP contribution in [0, 0.1) is 6.92 Å². The van der Waals surface area contributed by atoms with Gasteiger partial charge in [-0.25, -0.2) is 11.6 Å². The first-order valence-electron chi connectivity index (χ1n) is 3.74. The van der Waals surface area contributed by atoms with Crippen LogP contribution in [0.25, 0.3) is 0 Å². The van der Waals surface area contributed by atoms with Crippen molar-refractivity contribution in [2.45, 2.75) is 26.6 Å². The highest BCUT2D eigenvalue weighted by Crippen LogP contribution is 2.06. The van der Waals surface area contributed by atoms with E-state index in [2.05, 4.69) is 44.8 Å². The Hall–Kier alpha value is -0.433. The van der Waals surface area contributed by atoms with Gasteiger partial charge in [-0.15, -0.1) is 0 Å². The lowest BCUT2D eigenvalue weighted by Gasteiger charge is -2.21. The van der Waals surface area contributed by atoms with Crippen molar-refractivity contribution in [3.8, 4) is 0 Å². The Labute approximate surface area is 64.3 Å². The van der Waals surface area contributed by atoms with Gasteiger partial charge in [-0.3, -0.25) is 0 Å². The molecule has 0 unspecified atom stereocenters. The summed E-state index contributed by atoms with van der Waals surface area (Å²) < 4.78 is 0. The fourth-order valence-electron chi connectivity index (χ4n) is 1.35. The average Bonchev–Trinajstić information content (AvgIpc) is 2.11. The van der Waals surface area contributed by atoms with Crippen molar-refractivity contribution in [3.05, 3.63) is 23.8 Å². The minimum absolute atomic E-state index is 1.03. The maximum Gasteiger partial charge on any atom is 0.0507 e. The van der Waals surface area contributed by atoms with Crippen molar-refractivity contribution >= 4 is 13.3 Å². The van der Waals surface area contributed by atoms with Crippen molar-refractivity contribution < 1.29 is 0 Å². The first-order chi connectivity index (χ1) is 4.52. The maximum absolute atomic E-state index is 2.38. The molecule has 0 amide bonds. The first kappa shape index (κ1) is 7.67. The third-order valence-corrected chi connectivity index (χ3v) is 4.02. The van der Waals surface area contributed by atoms with Crippen LogP contribution in [0.2, 0.25) is 19.6 Å². The number of hydrogen-bond donors (Lipinski definition) is 0. The molecule has 0 heterocycles. The van der Waals surface area contributed by atoms with E-state index in [1.54, 1.807) is 5.19 Å². The lowest BCUT2D eigenvalue weighted by Crippen LogP contribution is -2.37. The molecular weight excluding hydrogens is 136 g/mol. The largest absolute Gasteiger partial charge is 0.211 e. The smallest absolute Gasteiger partial charge is 0.0507 e. The third kappa shape index (κ3) is 1.35. The standard InChI is InChI=1S/C9H15Si/c1-8-6-5-7-9(8)10(2,3)4/h5-7H,1-4H3/q-1. The molecule has 56 valence electrons. The minimum Gasteiger partial charge on any atom is -0.211 e. The summed E-state index contributed by atoms with van der Waals surface area (Å²) in [5, 5.41) is 1.60. The summed E-state index contributed by atoms with van der Waals surface area (Å²) in [6.07, 6.45) is 0. The molecule has 0 bridgehead atoms. The van der Waals surface area contributed by atoms with E-state index in [1.165, 1.54) is 5.56 Å². The molecule has 0 saturated carbocycles. The molecule has 1 rings (SSSR count). The average molecular weight is 151 g/mol. The lowest BCUT2D eigenvalue weighted by atomic mass is 10.4. The van der Waals surface area contributed by atoms with E-state index in [4.69, 9.17) is 0 Å². The van der Waals surface area contributed by atoms with Gasteiger partial charge in [0.15, 0.2) is 0 Å². The van der Waals surface area contributed by atoms with Crippen LogP contribution < -0.4 is 5.19 Å². The van der Waals surface area contributed by atoms with Crippen LogP contribution in [0.4, 0.5) is 0 Å². The highest BCUT2D eigenvalue weighted by atomic mass is 28.3. The van der Waals surface area contributed by atoms with Gasteiger partial charge in [-0.1, -0.05) is 26.6 Å². The molecular formula is C9H15Si-. The van der Waals surface area contributed by atoms with Gasteiger partial charge in [-0.2, -0.15) is 17.3 Å². The molecule has 1 aromatic rings. The Morgan fingerprint density at radius 1 is 1.30 bits per heavy atom. The molecule has 0 aliphatic rings. The summed E-state index contributed by atoms with van der Waals surface area (Å²) >= 11 is 0. The molecule has 0 atom stereocenters. The van der Waals surface area contributed by atoms with Gasteiger partial charge in [0.1, 0.15) is 0 Å². The molecule has 0 N–H and O–H groups in total. The molecule has 1 heteroatoms. The quantitative estimate of drug-likeness (QED) is 0.426. The van der Waals surface area contributed by atoms with Gasteiger partial charge in [0.2, 0.25) is 0 Å². The van der Waals surface area contributed by atoms with Gasteiger partial charge in [0, 0.05) is 0 Å². The summed E-state index contributed by atoms with van der Waals surface area (Å²) in [5.74, 6) is 0. The van der Waals surface area contributed by atoms with Gasteiger partial charge < -0.3 is 0 Å². The van der Waals surface area contributed by atoms with Crippen molar-refractivity contribution in [3.63, 3.8) is 0 Å². The van der Waals surface area contributed by atoms with Gasteiger partial charge in [-0.05, 0) is 0 Å². The number of aryl methyl sites for hydroxylation is 1. The molecule has 0 aliphatic carbocycles. The van der Waals surface area contributed by atoms with E-state index in [9.17, 15) is 0 Å². The van der Waals surface area contributed by atoms with Crippen molar-refractivity contribution in [2.75, 3.05) is 0 Å². The Morgan fingerprint density at radius 3 is 2.10 bits per heavy atom. The molecule has 0 aliphatic heterocycles. The summed E-state index contributed by atoms with van der Waals surface area (Å²) in [7, 11) is -1.03. The zero-order valence-corrected chi connectivity index (χ0v) is 8.23. The van der Waals surface area contributed by atoms with E-state index in [-0.39, 0.29) is 0 Å². The fourth-order valence-corrected chi connectivity index (χ4v) is 3.21. The second-order valence-electron chi connectivity index (χ2n) is 3.87. The minimum atomic E-state index is -1.03. The first-order valence-corrected chi connectivity index (χ1v) is 7.24. The predicted molar refractivity (Wildman–Crippen MR) is 49.8 cm³/mol. The molecule has 0 aromatic heterocycles. The van der Waals surface area contributed by atoms with E-state index >= 15 is 0 Å². The molecule has 10 heavy (non-hydrogen) atoms. The Kier molecular flexibility index (Phi) is 1.77. The Bertz CT molecular complexity index is 215. The van der Waals surface area contributed by atoms with Crippen LogP contribution in [0.1, 0.15) is 5.56 Å². The van der Waals surface area contributed by atoms with Gasteiger partial charge >= 0.3 is 0 Å². The van der Waals surface area contributed by atoms with E-state index in [0.29, 0.717) is 0 Å². The highest BCUT2D eigenvalue weighted by molar-refractivity contribution is 6.89. The predicted octanol–water partition coefficient (Wildman–Crippen LogP) is 2.26. The van der Waals surface area contributed by atoms with Crippen LogP contribution in [-0.2, 0) is 0 Å². The van der Waals surface area contributed by atoms with Gasteiger partial charge in [0.05, 0.1) is 8.07 Å². The number of hydrogen-bond acceptors (Lipinski definition) is 0. The normalized spacial score (nSPS) is 12.0. The summed E-state index contributed by atoms with van der Waals surface area (Å²) in [6.45, 7) is 9.35. The highest BCUT2D eigenvalue weighted by Gasteiger charge is 2.12. The van der Waals surface area contributed by atoms with Crippen LogP contribution >= 0.6 is 0 Å². The molecule has 0 nitrogen and oxygen atoms in total. The molecule has 0 spiro atoms. The molecule has 0 fully saturated rings.